The van der Waals surface area contributed by atoms with Gasteiger partial charge in [-0.2, -0.15) is 0 Å². The molecule has 2 N–H and O–H groups in total. The van der Waals surface area contributed by atoms with Crippen molar-refractivity contribution >= 4 is 32.8 Å². The van der Waals surface area contributed by atoms with Crippen LogP contribution in [0.25, 0.3) is 38.2 Å². The number of nitrogen functional groups attached to an aromatic ring is 1. The summed E-state index contributed by atoms with van der Waals surface area (Å²) in [5, 5.41) is 8.25. The van der Waals surface area contributed by atoms with Gasteiger partial charge >= 0.3 is 0 Å². The Hall–Kier alpha value is -6.06. The summed E-state index contributed by atoms with van der Waals surface area (Å²) in [7, 11) is 0. The number of allylic oxidation sites excluding steroid dienone is 9. The predicted octanol–water partition coefficient (Wildman–Crippen LogP) is 11.6. The van der Waals surface area contributed by atoms with Gasteiger partial charge in [0.05, 0.1) is 5.41 Å². The molecular weight excluding hydrogens is 597 g/mol. The zero-order valence-electron chi connectivity index (χ0n) is 27.0. The summed E-state index contributed by atoms with van der Waals surface area (Å²) >= 11 is 0. The quantitative estimate of drug-likeness (QED) is 0.152. The normalized spacial score (nSPS) is 19.7. The molecule has 9 rings (SSSR count). The van der Waals surface area contributed by atoms with Crippen molar-refractivity contribution in [2.75, 3.05) is 5.73 Å². The highest BCUT2D eigenvalue weighted by molar-refractivity contribution is 5.94. The number of hydrogen-bond donors (Lipinski definition) is 1. The number of nitrogens with zero attached hydrogens (tertiary/aromatic N) is 1. The third kappa shape index (κ3) is 4.73. The minimum Gasteiger partial charge on any atom is -0.399 e. The third-order valence-corrected chi connectivity index (χ3v) is 10.7. The highest BCUT2D eigenvalue weighted by Crippen LogP contribution is 2.60. The van der Waals surface area contributed by atoms with E-state index in [9.17, 15) is 4.91 Å². The largest absolute Gasteiger partial charge is 0.399 e. The summed E-state index contributed by atoms with van der Waals surface area (Å²) in [4.78, 5) is 11.7. The molecule has 0 spiro atoms. The second kappa shape index (κ2) is 11.6. The van der Waals surface area contributed by atoms with Crippen molar-refractivity contribution in [1.82, 2.24) is 0 Å². The van der Waals surface area contributed by atoms with Crippen molar-refractivity contribution in [3.63, 3.8) is 0 Å². The van der Waals surface area contributed by atoms with Gasteiger partial charge in [0.1, 0.15) is 5.70 Å². The Morgan fingerprint density at radius 3 is 2.14 bits per heavy atom. The molecule has 3 nitrogen and oxygen atoms in total. The smallest absolute Gasteiger partial charge is 0.107 e. The lowest BCUT2D eigenvalue weighted by Crippen LogP contribution is -2.32. The van der Waals surface area contributed by atoms with Gasteiger partial charge in [-0.05, 0) is 126 Å². The van der Waals surface area contributed by atoms with Crippen LogP contribution in [0.2, 0.25) is 0 Å². The van der Waals surface area contributed by atoms with Gasteiger partial charge in [-0.15, -0.1) is 4.91 Å². The standard InChI is InChI=1S/C46H34N2O/c47-40-21-18-39(19-22-40)46(38-10-5-11-41(48-49)23-20-38)44-28-36(34-14-12-30-6-1-3-8-32(30)26-34)16-24-42(44)43-25-17-37(29-45(43)46)35-15-13-31-7-2-4-9-33(31)27-35/h1-9,11-28,37H,10,29,47H2. The van der Waals surface area contributed by atoms with Crippen molar-refractivity contribution in [3.8, 4) is 11.1 Å². The number of anilines is 1. The van der Waals surface area contributed by atoms with E-state index in [-0.39, 0.29) is 5.92 Å². The maximum Gasteiger partial charge on any atom is 0.107 e. The molecule has 49 heavy (non-hydrogen) atoms. The number of rotatable bonds is 5. The fraction of sp³-hybridized carbons (Fsp3) is 0.0870. The maximum atomic E-state index is 11.7. The van der Waals surface area contributed by atoms with Crippen molar-refractivity contribution in [2.24, 2.45) is 5.18 Å². The summed E-state index contributed by atoms with van der Waals surface area (Å²) in [6.45, 7) is 0. The molecule has 0 saturated heterocycles. The Labute approximate surface area is 286 Å². The van der Waals surface area contributed by atoms with Crippen LogP contribution in [0.1, 0.15) is 41.0 Å². The summed E-state index contributed by atoms with van der Waals surface area (Å²) in [5.74, 6) is 0.204. The van der Waals surface area contributed by atoms with Gasteiger partial charge in [0.25, 0.3) is 0 Å². The fourth-order valence-electron chi connectivity index (χ4n) is 8.36. The number of nitroso groups, excluding NO2 is 1. The monoisotopic (exact) mass is 630 g/mol. The van der Waals surface area contributed by atoms with E-state index in [1.54, 1.807) is 0 Å². The summed E-state index contributed by atoms with van der Waals surface area (Å²) in [6, 6.07) is 46.1. The predicted molar refractivity (Wildman–Crippen MR) is 204 cm³/mol. The molecule has 0 saturated carbocycles. The van der Waals surface area contributed by atoms with Crippen LogP contribution in [0.4, 0.5) is 5.69 Å². The zero-order valence-corrected chi connectivity index (χ0v) is 27.0. The van der Waals surface area contributed by atoms with Gasteiger partial charge in [-0.1, -0.05) is 127 Å². The molecule has 0 amide bonds. The van der Waals surface area contributed by atoms with Crippen molar-refractivity contribution in [1.29, 1.82) is 0 Å². The summed E-state index contributed by atoms with van der Waals surface area (Å²) in [5.41, 5.74) is 18.1. The van der Waals surface area contributed by atoms with Crippen LogP contribution in [0.15, 0.2) is 186 Å². The van der Waals surface area contributed by atoms with Crippen molar-refractivity contribution in [3.05, 3.63) is 208 Å². The van der Waals surface area contributed by atoms with Crippen LogP contribution < -0.4 is 5.73 Å². The average Bonchev–Trinajstić information content (AvgIpc) is 3.25. The molecule has 0 heterocycles. The lowest BCUT2D eigenvalue weighted by Gasteiger charge is -2.39. The first-order valence-electron chi connectivity index (χ1n) is 16.9. The second-order valence-corrected chi connectivity index (χ2v) is 13.3. The molecule has 234 valence electrons. The topological polar surface area (TPSA) is 55.4 Å². The van der Waals surface area contributed by atoms with E-state index in [0.29, 0.717) is 12.1 Å². The molecule has 3 aliphatic rings. The van der Waals surface area contributed by atoms with Gasteiger partial charge in [-0.3, -0.25) is 0 Å². The number of hydrogen-bond acceptors (Lipinski definition) is 3. The Kier molecular flexibility index (Phi) is 6.87. The van der Waals surface area contributed by atoms with E-state index in [0.717, 1.165) is 12.1 Å². The highest BCUT2D eigenvalue weighted by Gasteiger charge is 2.49. The van der Waals surface area contributed by atoms with Crippen LogP contribution >= 0.6 is 0 Å². The van der Waals surface area contributed by atoms with Gasteiger partial charge in [0.2, 0.25) is 0 Å². The first-order valence-corrected chi connectivity index (χ1v) is 16.9. The highest BCUT2D eigenvalue weighted by atomic mass is 16.3. The molecule has 0 aromatic heterocycles. The molecule has 6 aromatic rings. The number of fused-ring (bicyclic) bond motifs is 4. The summed E-state index contributed by atoms with van der Waals surface area (Å²) in [6.07, 6.45) is 14.2. The first-order chi connectivity index (χ1) is 24.1. The van der Waals surface area contributed by atoms with E-state index in [1.165, 1.54) is 71.6 Å². The lowest BCUT2D eigenvalue weighted by molar-refractivity contribution is 0.644. The van der Waals surface area contributed by atoms with Crippen LogP contribution in [0.3, 0.4) is 0 Å². The molecule has 2 unspecified atom stereocenters. The number of benzene rings is 6. The van der Waals surface area contributed by atoms with E-state index >= 15 is 0 Å². The molecule has 0 aliphatic heterocycles. The summed E-state index contributed by atoms with van der Waals surface area (Å²) < 4.78 is 0. The third-order valence-electron chi connectivity index (χ3n) is 10.7. The average molecular weight is 631 g/mol. The molecule has 0 fully saturated rings. The molecule has 2 atom stereocenters. The van der Waals surface area contributed by atoms with Crippen molar-refractivity contribution < 1.29 is 0 Å². The number of nitrogens with two attached hydrogens (primary N) is 1. The van der Waals surface area contributed by atoms with Gasteiger partial charge in [0.15, 0.2) is 0 Å². The molecule has 6 aromatic carbocycles. The minimum atomic E-state index is -0.579. The molecular formula is C46H34N2O. The molecule has 3 aliphatic carbocycles. The first kappa shape index (κ1) is 29.1. The van der Waals surface area contributed by atoms with E-state index in [1.807, 2.05) is 24.3 Å². The Bertz CT molecular complexity index is 2480. The van der Waals surface area contributed by atoms with Gasteiger partial charge < -0.3 is 5.73 Å². The minimum absolute atomic E-state index is 0.204. The Morgan fingerprint density at radius 1 is 0.673 bits per heavy atom. The molecule has 3 heteroatoms. The van der Waals surface area contributed by atoms with E-state index in [2.05, 4.69) is 145 Å². The van der Waals surface area contributed by atoms with E-state index < -0.39 is 5.41 Å². The fourth-order valence-corrected chi connectivity index (χ4v) is 8.36. The SMILES string of the molecule is Nc1ccc(C2(C3=CC=C(N=O)C=CC3)C3=C(C=CC(c4ccc5ccccc5c4)C3)c3ccc(-c4ccc5ccccc5c4)cc32)cc1. The van der Waals surface area contributed by atoms with Crippen LogP contribution in [-0.2, 0) is 5.41 Å². The maximum absolute atomic E-state index is 11.7. The Morgan fingerprint density at radius 2 is 1.37 bits per heavy atom. The zero-order chi connectivity index (χ0) is 33.0. The van der Waals surface area contributed by atoms with Crippen LogP contribution in [-0.4, -0.2) is 0 Å². The van der Waals surface area contributed by atoms with Gasteiger partial charge in [0, 0.05) is 11.6 Å². The van der Waals surface area contributed by atoms with Crippen LogP contribution in [0, 0.1) is 4.91 Å². The lowest BCUT2D eigenvalue weighted by atomic mass is 9.63. The Balaban J connectivity index is 1.28. The molecule has 0 bridgehead atoms. The second-order valence-electron chi connectivity index (χ2n) is 13.3. The van der Waals surface area contributed by atoms with E-state index in [4.69, 9.17) is 5.73 Å². The van der Waals surface area contributed by atoms with Crippen LogP contribution in [0.5, 0.6) is 0 Å². The van der Waals surface area contributed by atoms with Crippen molar-refractivity contribution in [2.45, 2.75) is 24.2 Å². The molecule has 0 radical (unpaired) electrons. The van der Waals surface area contributed by atoms with Gasteiger partial charge in [-0.25, -0.2) is 0 Å².